The summed E-state index contributed by atoms with van der Waals surface area (Å²) in [5, 5.41) is 3.14. The van der Waals surface area contributed by atoms with Gasteiger partial charge in [0.25, 0.3) is 0 Å². The van der Waals surface area contributed by atoms with Crippen LogP contribution in [0.15, 0.2) is 51.6 Å². The Bertz CT molecular complexity index is 861. The van der Waals surface area contributed by atoms with Gasteiger partial charge in [0, 0.05) is 16.4 Å². The zero-order valence-electron chi connectivity index (χ0n) is 12.5. The van der Waals surface area contributed by atoms with E-state index in [1.165, 1.54) is 18.0 Å². The normalized spacial score (nSPS) is 14.0. The molecule has 0 unspecified atom stereocenters. The van der Waals surface area contributed by atoms with Gasteiger partial charge in [-0.15, -0.1) is 11.8 Å². The molecule has 2 aromatic rings. The number of halogens is 1. The molecule has 1 heterocycles. The molecule has 116 valence electrons. The molecule has 0 aliphatic heterocycles. The molecule has 0 bridgehead atoms. The highest BCUT2D eigenvalue weighted by Gasteiger charge is 2.33. The van der Waals surface area contributed by atoms with Crippen LogP contribution in [0.3, 0.4) is 0 Å². The number of ketones is 2. The van der Waals surface area contributed by atoms with Gasteiger partial charge in [-0.05, 0) is 49.1 Å². The van der Waals surface area contributed by atoms with E-state index in [4.69, 9.17) is 0 Å². The van der Waals surface area contributed by atoms with Crippen molar-refractivity contribution in [3.63, 3.8) is 0 Å². The first-order valence-corrected chi connectivity index (χ1v) is 8.90. The summed E-state index contributed by atoms with van der Waals surface area (Å²) in [4.78, 5) is 29.8. The molecule has 0 radical (unpaired) electrons. The maximum atomic E-state index is 12.8. The molecule has 1 aliphatic rings. The van der Waals surface area contributed by atoms with Crippen molar-refractivity contribution in [2.75, 3.05) is 11.6 Å². The van der Waals surface area contributed by atoms with Crippen LogP contribution in [-0.2, 0) is 0 Å². The van der Waals surface area contributed by atoms with Crippen LogP contribution in [0, 0.1) is 6.92 Å². The second kappa shape index (κ2) is 6.29. The number of hydrogen-bond acceptors (Lipinski definition) is 5. The largest absolute Gasteiger partial charge is 0.351 e. The van der Waals surface area contributed by atoms with Gasteiger partial charge in [-0.25, -0.2) is 0 Å². The standard InChI is InChI=1S/C17H13BrN2O2S/c1-9-8-10(18)5-6-12(9)20-14-15(21)11-4-3-7-19-13(11)16(22)17(14)23-2/h3-8,20H,1-2H3. The Morgan fingerprint density at radius 1 is 1.17 bits per heavy atom. The summed E-state index contributed by atoms with van der Waals surface area (Å²) in [7, 11) is 0. The molecule has 0 saturated heterocycles. The number of carbonyl (C=O) groups is 2. The van der Waals surface area contributed by atoms with Crippen LogP contribution < -0.4 is 5.32 Å². The first-order valence-electron chi connectivity index (χ1n) is 6.88. The van der Waals surface area contributed by atoms with Gasteiger partial charge in [0.15, 0.2) is 0 Å². The number of carbonyl (C=O) groups excluding carboxylic acids is 2. The third-order valence-corrected chi connectivity index (χ3v) is 4.87. The van der Waals surface area contributed by atoms with Crippen LogP contribution in [0.25, 0.3) is 0 Å². The molecule has 0 atom stereocenters. The number of benzene rings is 1. The lowest BCUT2D eigenvalue weighted by Crippen LogP contribution is -2.26. The van der Waals surface area contributed by atoms with Gasteiger partial charge in [0.1, 0.15) is 11.4 Å². The quantitative estimate of drug-likeness (QED) is 0.852. The van der Waals surface area contributed by atoms with Crippen LogP contribution in [0.1, 0.15) is 26.4 Å². The highest BCUT2D eigenvalue weighted by atomic mass is 79.9. The van der Waals surface area contributed by atoms with Crippen LogP contribution in [0.4, 0.5) is 5.69 Å². The van der Waals surface area contributed by atoms with Crippen molar-refractivity contribution in [2.24, 2.45) is 0 Å². The van der Waals surface area contributed by atoms with E-state index in [1.807, 2.05) is 25.1 Å². The number of aryl methyl sites for hydroxylation is 1. The molecule has 1 aromatic carbocycles. The predicted molar refractivity (Wildman–Crippen MR) is 95.9 cm³/mol. The van der Waals surface area contributed by atoms with E-state index in [9.17, 15) is 9.59 Å². The molecule has 23 heavy (non-hydrogen) atoms. The van der Waals surface area contributed by atoms with Crippen molar-refractivity contribution < 1.29 is 9.59 Å². The third-order valence-electron chi connectivity index (χ3n) is 3.58. The number of pyridine rings is 1. The van der Waals surface area contributed by atoms with Crippen LogP contribution in [-0.4, -0.2) is 22.8 Å². The van der Waals surface area contributed by atoms with Gasteiger partial charge >= 0.3 is 0 Å². The molecule has 1 N–H and O–H groups in total. The Morgan fingerprint density at radius 2 is 1.96 bits per heavy atom. The first kappa shape index (κ1) is 16.0. The van der Waals surface area contributed by atoms with Crippen LogP contribution in [0.5, 0.6) is 0 Å². The summed E-state index contributed by atoms with van der Waals surface area (Å²) in [5.74, 6) is -0.427. The molecule has 0 fully saturated rings. The first-order chi connectivity index (χ1) is 11.0. The molecule has 1 aromatic heterocycles. The summed E-state index contributed by atoms with van der Waals surface area (Å²) in [6, 6.07) is 9.01. The number of allylic oxidation sites excluding steroid dienone is 2. The number of Topliss-reactive ketones (excluding diaryl/α,β-unsaturated/α-hetero) is 2. The van der Waals surface area contributed by atoms with E-state index in [0.717, 1.165) is 15.7 Å². The van der Waals surface area contributed by atoms with Gasteiger partial charge in [0.05, 0.1) is 10.5 Å². The Labute approximate surface area is 146 Å². The highest BCUT2D eigenvalue weighted by molar-refractivity contribution is 9.10. The molecule has 0 saturated carbocycles. The average molecular weight is 389 g/mol. The molecule has 3 rings (SSSR count). The smallest absolute Gasteiger partial charge is 0.220 e. The van der Waals surface area contributed by atoms with Crippen molar-refractivity contribution in [1.82, 2.24) is 4.98 Å². The topological polar surface area (TPSA) is 59.1 Å². The summed E-state index contributed by atoms with van der Waals surface area (Å²) in [6.45, 7) is 1.94. The number of nitrogens with zero attached hydrogens (tertiary/aromatic N) is 1. The molecule has 1 aliphatic carbocycles. The van der Waals surface area contributed by atoms with E-state index >= 15 is 0 Å². The fourth-order valence-electron chi connectivity index (χ4n) is 2.44. The fraction of sp³-hybridized carbons (Fsp3) is 0.118. The lowest BCUT2D eigenvalue weighted by Gasteiger charge is -2.21. The lowest BCUT2D eigenvalue weighted by molar-refractivity contribution is 0.0979. The van der Waals surface area contributed by atoms with Crippen molar-refractivity contribution in [2.45, 2.75) is 6.92 Å². The second-order valence-corrected chi connectivity index (χ2v) is 6.78. The Morgan fingerprint density at radius 3 is 2.65 bits per heavy atom. The number of thioether (sulfide) groups is 1. The predicted octanol–water partition coefficient (Wildman–Crippen LogP) is 4.22. The maximum absolute atomic E-state index is 12.8. The van der Waals surface area contributed by atoms with E-state index in [2.05, 4.69) is 26.2 Å². The molecular formula is C17H13BrN2O2S. The van der Waals surface area contributed by atoms with Gasteiger partial charge < -0.3 is 5.32 Å². The number of anilines is 1. The third kappa shape index (κ3) is 2.84. The SMILES string of the molecule is CSC1=C(Nc2ccc(Br)cc2C)C(=O)c2cccnc2C1=O. The summed E-state index contributed by atoms with van der Waals surface area (Å²) in [6.07, 6.45) is 3.31. The summed E-state index contributed by atoms with van der Waals surface area (Å²) < 4.78 is 0.959. The number of aromatic nitrogens is 1. The van der Waals surface area contributed by atoms with Crippen LogP contribution in [0.2, 0.25) is 0 Å². The summed E-state index contributed by atoms with van der Waals surface area (Å²) in [5.41, 5.74) is 2.65. The minimum Gasteiger partial charge on any atom is -0.351 e. The second-order valence-electron chi connectivity index (χ2n) is 5.05. The maximum Gasteiger partial charge on any atom is 0.220 e. The Balaban J connectivity index is 2.09. The van der Waals surface area contributed by atoms with Gasteiger partial charge in [-0.2, -0.15) is 0 Å². The zero-order valence-corrected chi connectivity index (χ0v) is 14.9. The van der Waals surface area contributed by atoms with Crippen molar-refractivity contribution >= 4 is 44.9 Å². The molecule has 4 nitrogen and oxygen atoms in total. The highest BCUT2D eigenvalue weighted by Crippen LogP contribution is 2.32. The van der Waals surface area contributed by atoms with Crippen molar-refractivity contribution in [3.05, 3.63) is 68.4 Å². The Hall–Kier alpha value is -1.92. The van der Waals surface area contributed by atoms with Gasteiger partial charge in [-0.3, -0.25) is 14.6 Å². The van der Waals surface area contributed by atoms with Crippen LogP contribution >= 0.6 is 27.7 Å². The number of hydrogen-bond donors (Lipinski definition) is 1. The van der Waals surface area contributed by atoms with Gasteiger partial charge in [-0.1, -0.05) is 15.9 Å². The number of fused-ring (bicyclic) bond motifs is 1. The monoisotopic (exact) mass is 388 g/mol. The van der Waals surface area contributed by atoms with E-state index in [1.54, 1.807) is 18.4 Å². The number of rotatable bonds is 3. The average Bonchev–Trinajstić information content (AvgIpc) is 2.55. The van der Waals surface area contributed by atoms with E-state index < -0.39 is 0 Å². The molecule has 6 heteroatoms. The fourth-order valence-corrected chi connectivity index (χ4v) is 3.54. The minimum absolute atomic E-state index is 0.209. The molecule has 0 amide bonds. The van der Waals surface area contributed by atoms with Gasteiger partial charge in [0.2, 0.25) is 11.6 Å². The van der Waals surface area contributed by atoms with E-state index in [-0.39, 0.29) is 17.3 Å². The number of nitrogens with one attached hydrogen (secondary N) is 1. The zero-order chi connectivity index (χ0) is 16.6. The minimum atomic E-state index is -0.218. The summed E-state index contributed by atoms with van der Waals surface area (Å²) >= 11 is 4.67. The van der Waals surface area contributed by atoms with Crippen molar-refractivity contribution in [1.29, 1.82) is 0 Å². The van der Waals surface area contributed by atoms with Crippen molar-refractivity contribution in [3.8, 4) is 0 Å². The van der Waals surface area contributed by atoms with E-state index in [0.29, 0.717) is 16.2 Å². The Kier molecular flexibility index (Phi) is 4.37. The molecular weight excluding hydrogens is 376 g/mol. The lowest BCUT2D eigenvalue weighted by atomic mass is 9.96. The molecule has 0 spiro atoms.